The molecule has 1 aromatic heterocycles. The molecule has 3 rings (SSSR count). The summed E-state index contributed by atoms with van der Waals surface area (Å²) in [5.41, 5.74) is 2.83. The Balaban J connectivity index is 1.60. The quantitative estimate of drug-likeness (QED) is 0.840. The summed E-state index contributed by atoms with van der Waals surface area (Å²) in [4.78, 5) is 20.9. The second-order valence-electron chi connectivity index (χ2n) is 6.63. The van der Waals surface area contributed by atoms with Crippen molar-refractivity contribution >= 4 is 11.6 Å². The van der Waals surface area contributed by atoms with Gasteiger partial charge in [-0.05, 0) is 42.7 Å². The summed E-state index contributed by atoms with van der Waals surface area (Å²) in [7, 11) is 3.96. The van der Waals surface area contributed by atoms with Crippen LogP contribution in [0.15, 0.2) is 48.8 Å². The molecule has 0 aliphatic carbocycles. The average Bonchev–Trinajstić information content (AvgIpc) is 2.67. The van der Waals surface area contributed by atoms with Crippen LogP contribution >= 0.6 is 0 Å². The van der Waals surface area contributed by atoms with E-state index in [1.165, 1.54) is 0 Å². The molecule has 2 heterocycles. The molecule has 1 saturated heterocycles. The molecule has 1 amide bonds. The third-order valence-corrected chi connectivity index (χ3v) is 4.48. The van der Waals surface area contributed by atoms with Crippen LogP contribution in [-0.4, -0.2) is 49.1 Å². The van der Waals surface area contributed by atoms with Crippen molar-refractivity contribution in [1.82, 2.24) is 9.88 Å². The summed E-state index contributed by atoms with van der Waals surface area (Å²) in [6, 6.07) is 11.7. The summed E-state index contributed by atoms with van der Waals surface area (Å²) in [5, 5.41) is 0. The molecule has 25 heavy (non-hydrogen) atoms. The lowest BCUT2D eigenvalue weighted by atomic mass is 10.1. The number of likely N-dealkylation sites (tertiary alicyclic amines) is 1. The Hall–Kier alpha value is -2.40. The van der Waals surface area contributed by atoms with Crippen molar-refractivity contribution in [2.45, 2.75) is 25.6 Å². The molecule has 0 unspecified atom stereocenters. The normalized spacial score (nSPS) is 17.4. The van der Waals surface area contributed by atoms with E-state index in [4.69, 9.17) is 4.74 Å². The van der Waals surface area contributed by atoms with Crippen molar-refractivity contribution in [3.8, 4) is 0 Å². The highest BCUT2D eigenvalue weighted by molar-refractivity contribution is 5.95. The largest absolute Gasteiger partial charge is 0.378 e. The number of carbonyl (C=O) groups is 1. The van der Waals surface area contributed by atoms with Gasteiger partial charge in [-0.15, -0.1) is 0 Å². The van der Waals surface area contributed by atoms with Crippen LogP contribution in [-0.2, 0) is 11.3 Å². The van der Waals surface area contributed by atoms with Gasteiger partial charge in [0.25, 0.3) is 5.91 Å². The molecule has 1 aromatic carbocycles. The molecule has 1 atom stereocenters. The van der Waals surface area contributed by atoms with Crippen molar-refractivity contribution < 1.29 is 9.53 Å². The van der Waals surface area contributed by atoms with Gasteiger partial charge in [-0.3, -0.25) is 9.78 Å². The van der Waals surface area contributed by atoms with Gasteiger partial charge < -0.3 is 14.5 Å². The van der Waals surface area contributed by atoms with Gasteiger partial charge in [0, 0.05) is 50.8 Å². The van der Waals surface area contributed by atoms with E-state index in [1.807, 2.05) is 66.5 Å². The first-order valence-electron chi connectivity index (χ1n) is 8.70. The third-order valence-electron chi connectivity index (χ3n) is 4.48. The molecule has 5 nitrogen and oxygen atoms in total. The van der Waals surface area contributed by atoms with Crippen LogP contribution < -0.4 is 4.90 Å². The van der Waals surface area contributed by atoms with Gasteiger partial charge in [-0.1, -0.05) is 12.1 Å². The number of amides is 1. The first kappa shape index (κ1) is 17.4. The van der Waals surface area contributed by atoms with Crippen molar-refractivity contribution in [2.24, 2.45) is 0 Å². The van der Waals surface area contributed by atoms with Gasteiger partial charge in [0.1, 0.15) is 0 Å². The van der Waals surface area contributed by atoms with Gasteiger partial charge in [0.05, 0.1) is 12.7 Å². The maximum absolute atomic E-state index is 12.8. The number of pyridine rings is 1. The zero-order chi connectivity index (χ0) is 17.6. The highest BCUT2D eigenvalue weighted by atomic mass is 16.5. The molecule has 0 bridgehead atoms. The lowest BCUT2D eigenvalue weighted by molar-refractivity contribution is -0.00681. The highest BCUT2D eigenvalue weighted by Crippen LogP contribution is 2.20. The number of benzene rings is 1. The predicted octanol–water partition coefficient (Wildman–Crippen LogP) is 2.97. The van der Waals surface area contributed by atoms with Crippen LogP contribution in [0.4, 0.5) is 5.69 Å². The minimum Gasteiger partial charge on any atom is -0.378 e. The van der Waals surface area contributed by atoms with Gasteiger partial charge in [-0.2, -0.15) is 0 Å². The summed E-state index contributed by atoms with van der Waals surface area (Å²) < 4.78 is 6.01. The number of hydrogen-bond acceptors (Lipinski definition) is 4. The van der Waals surface area contributed by atoms with Gasteiger partial charge in [-0.25, -0.2) is 0 Å². The topological polar surface area (TPSA) is 45.7 Å². The maximum Gasteiger partial charge on any atom is 0.254 e. The van der Waals surface area contributed by atoms with E-state index >= 15 is 0 Å². The van der Waals surface area contributed by atoms with E-state index in [-0.39, 0.29) is 12.0 Å². The molecule has 0 N–H and O–H groups in total. The number of ether oxygens (including phenoxy) is 1. The summed E-state index contributed by atoms with van der Waals surface area (Å²) >= 11 is 0. The zero-order valence-electron chi connectivity index (χ0n) is 14.9. The fourth-order valence-electron chi connectivity index (χ4n) is 3.06. The van der Waals surface area contributed by atoms with Crippen LogP contribution in [0.1, 0.15) is 28.8 Å². The lowest BCUT2D eigenvalue weighted by Gasteiger charge is -2.33. The van der Waals surface area contributed by atoms with Gasteiger partial charge >= 0.3 is 0 Å². The monoisotopic (exact) mass is 339 g/mol. The molecule has 0 spiro atoms. The van der Waals surface area contributed by atoms with Crippen LogP contribution in [0.2, 0.25) is 0 Å². The van der Waals surface area contributed by atoms with Crippen LogP contribution in [0.5, 0.6) is 0 Å². The number of aromatic nitrogens is 1. The molecule has 132 valence electrons. The molecule has 2 aromatic rings. The van der Waals surface area contributed by atoms with E-state index in [2.05, 4.69) is 4.98 Å². The summed E-state index contributed by atoms with van der Waals surface area (Å²) in [6.45, 7) is 1.97. The van der Waals surface area contributed by atoms with E-state index in [9.17, 15) is 4.79 Å². The molecule has 1 fully saturated rings. The second kappa shape index (κ2) is 8.12. The Bertz CT molecular complexity index is 703. The van der Waals surface area contributed by atoms with E-state index in [0.717, 1.165) is 36.2 Å². The summed E-state index contributed by atoms with van der Waals surface area (Å²) in [5.74, 6) is 0.0818. The Labute approximate surface area is 149 Å². The first-order chi connectivity index (χ1) is 12.1. The Kier molecular flexibility index (Phi) is 5.66. The second-order valence-corrected chi connectivity index (χ2v) is 6.63. The van der Waals surface area contributed by atoms with Crippen LogP contribution in [0.25, 0.3) is 0 Å². The number of rotatable bonds is 5. The predicted molar refractivity (Wildman–Crippen MR) is 98.7 cm³/mol. The van der Waals surface area contributed by atoms with Crippen molar-refractivity contribution in [3.05, 3.63) is 59.9 Å². The third kappa shape index (κ3) is 4.57. The molecular weight excluding hydrogens is 314 g/mol. The minimum atomic E-state index is 0.0786. The minimum absolute atomic E-state index is 0.0786. The number of carbonyl (C=O) groups excluding carboxylic acids is 1. The van der Waals surface area contributed by atoms with Crippen molar-refractivity contribution in [2.75, 3.05) is 32.1 Å². The zero-order valence-corrected chi connectivity index (χ0v) is 14.9. The highest BCUT2D eigenvalue weighted by Gasteiger charge is 2.25. The number of piperidine rings is 1. The molecule has 0 radical (unpaired) electrons. The standard InChI is InChI=1S/C20H25N3O2/c1-22(2)18-8-3-7-17(12-18)20(24)23-11-5-9-19(14-23)25-15-16-6-4-10-21-13-16/h3-4,6-8,10,12-13,19H,5,9,11,14-15H2,1-2H3/t19-/m0/s1. The van der Waals surface area contributed by atoms with Crippen LogP contribution in [0, 0.1) is 0 Å². The lowest BCUT2D eigenvalue weighted by Crippen LogP contribution is -2.43. The Morgan fingerprint density at radius 1 is 1.32 bits per heavy atom. The van der Waals surface area contributed by atoms with Gasteiger partial charge in [0.15, 0.2) is 0 Å². The number of hydrogen-bond donors (Lipinski definition) is 0. The first-order valence-corrected chi connectivity index (χ1v) is 8.70. The van der Waals surface area contributed by atoms with Crippen molar-refractivity contribution in [1.29, 1.82) is 0 Å². The summed E-state index contributed by atoms with van der Waals surface area (Å²) in [6.07, 6.45) is 5.61. The number of anilines is 1. The molecule has 5 heteroatoms. The SMILES string of the molecule is CN(C)c1cccc(C(=O)N2CCC[C@H](OCc3cccnc3)C2)c1. The van der Waals surface area contributed by atoms with Crippen LogP contribution in [0.3, 0.4) is 0 Å². The molecule has 0 saturated carbocycles. The smallest absolute Gasteiger partial charge is 0.254 e. The average molecular weight is 339 g/mol. The van der Waals surface area contributed by atoms with E-state index < -0.39 is 0 Å². The van der Waals surface area contributed by atoms with E-state index in [1.54, 1.807) is 6.20 Å². The molecule has 1 aliphatic rings. The number of nitrogens with zero attached hydrogens (tertiary/aromatic N) is 3. The molecular formula is C20H25N3O2. The fourth-order valence-corrected chi connectivity index (χ4v) is 3.06. The Morgan fingerprint density at radius 2 is 2.20 bits per heavy atom. The fraction of sp³-hybridized carbons (Fsp3) is 0.400. The van der Waals surface area contributed by atoms with Crippen molar-refractivity contribution in [3.63, 3.8) is 0 Å². The maximum atomic E-state index is 12.8. The molecule has 1 aliphatic heterocycles. The Morgan fingerprint density at radius 3 is 2.96 bits per heavy atom. The van der Waals surface area contributed by atoms with E-state index in [0.29, 0.717) is 13.2 Å². The van der Waals surface area contributed by atoms with Gasteiger partial charge in [0.2, 0.25) is 0 Å².